The van der Waals surface area contributed by atoms with E-state index in [4.69, 9.17) is 9.47 Å². The monoisotopic (exact) mass is 281 g/mol. The summed E-state index contributed by atoms with van der Waals surface area (Å²) in [6.45, 7) is 4.50. The molecule has 0 spiro atoms. The van der Waals surface area contributed by atoms with Crippen molar-refractivity contribution in [2.24, 2.45) is 0 Å². The first kappa shape index (κ1) is 16.1. The van der Waals surface area contributed by atoms with E-state index in [1.54, 1.807) is 32.4 Å². The Bertz CT molecular complexity index is 461. The van der Waals surface area contributed by atoms with Crippen LogP contribution in [0.1, 0.15) is 13.8 Å². The zero-order chi connectivity index (χ0) is 15.2. The molecule has 0 radical (unpaired) electrons. The van der Waals surface area contributed by atoms with Gasteiger partial charge in [-0.2, -0.15) is 0 Å². The molecule has 0 aliphatic carbocycles. The number of methoxy groups -OCH3 is 2. The fourth-order valence-electron chi connectivity index (χ4n) is 1.47. The molecule has 112 valence electrons. The van der Waals surface area contributed by atoms with Crippen LogP contribution in [0.2, 0.25) is 0 Å². The Morgan fingerprint density at radius 2 is 1.95 bits per heavy atom. The van der Waals surface area contributed by atoms with E-state index in [0.717, 1.165) is 0 Å². The number of hydrogen-bond acceptors (Lipinski definition) is 4. The van der Waals surface area contributed by atoms with Crippen LogP contribution in [-0.2, 0) is 0 Å². The van der Waals surface area contributed by atoms with Crippen LogP contribution >= 0.6 is 0 Å². The van der Waals surface area contributed by atoms with Gasteiger partial charge in [0.15, 0.2) is 0 Å². The van der Waals surface area contributed by atoms with Crippen molar-refractivity contribution in [2.45, 2.75) is 19.4 Å². The highest BCUT2D eigenvalue weighted by Crippen LogP contribution is 2.28. The van der Waals surface area contributed by atoms with Gasteiger partial charge in [-0.1, -0.05) is 0 Å². The van der Waals surface area contributed by atoms with Crippen molar-refractivity contribution in [2.75, 3.05) is 33.1 Å². The number of hydrogen-bond donors (Lipinski definition) is 3. The summed E-state index contributed by atoms with van der Waals surface area (Å²) in [5.41, 5.74) is 0.391. The lowest BCUT2D eigenvalue weighted by Gasteiger charge is -2.24. The maximum atomic E-state index is 11.9. The Morgan fingerprint density at radius 1 is 1.25 bits per heavy atom. The van der Waals surface area contributed by atoms with Gasteiger partial charge in [0.05, 0.1) is 19.9 Å². The highest BCUT2D eigenvalue weighted by atomic mass is 16.5. The number of ether oxygens (including phenoxy) is 2. The van der Waals surface area contributed by atoms with Gasteiger partial charge in [-0.15, -0.1) is 0 Å². The maximum Gasteiger partial charge on any atom is 0.319 e. The highest BCUT2D eigenvalue weighted by molar-refractivity contribution is 5.91. The summed E-state index contributed by atoms with van der Waals surface area (Å²) in [6.07, 6.45) is 0. The Hall–Kier alpha value is -1.95. The molecule has 0 saturated heterocycles. The van der Waals surface area contributed by atoms with E-state index >= 15 is 0 Å². The zero-order valence-electron chi connectivity index (χ0n) is 12.7. The van der Waals surface area contributed by atoms with Crippen molar-refractivity contribution in [1.82, 2.24) is 10.6 Å². The molecule has 6 nitrogen and oxygen atoms in total. The molecule has 1 aromatic carbocycles. The zero-order valence-corrected chi connectivity index (χ0v) is 12.7. The van der Waals surface area contributed by atoms with Crippen molar-refractivity contribution in [1.29, 1.82) is 0 Å². The number of urea groups is 1. The van der Waals surface area contributed by atoms with Crippen LogP contribution in [0.5, 0.6) is 11.5 Å². The van der Waals surface area contributed by atoms with Gasteiger partial charge in [0.2, 0.25) is 0 Å². The van der Waals surface area contributed by atoms with E-state index in [9.17, 15) is 4.79 Å². The summed E-state index contributed by atoms with van der Waals surface area (Å²) in [7, 11) is 4.97. The average Bonchev–Trinajstić information content (AvgIpc) is 2.45. The van der Waals surface area contributed by atoms with Gasteiger partial charge >= 0.3 is 6.03 Å². The first-order valence-corrected chi connectivity index (χ1v) is 6.37. The average molecular weight is 281 g/mol. The van der Waals surface area contributed by atoms with Gasteiger partial charge in [0.1, 0.15) is 11.5 Å². The van der Waals surface area contributed by atoms with Crippen molar-refractivity contribution in [3.05, 3.63) is 18.2 Å². The summed E-state index contributed by atoms with van der Waals surface area (Å²) in [5, 5.41) is 8.67. The van der Waals surface area contributed by atoms with Crippen LogP contribution in [0.3, 0.4) is 0 Å². The Labute approximate surface area is 119 Å². The SMILES string of the molecule is CNC(C)(C)CNC(=O)Nc1cc(OC)ccc1OC. The molecule has 0 aliphatic rings. The molecule has 20 heavy (non-hydrogen) atoms. The maximum absolute atomic E-state index is 11.9. The summed E-state index contributed by atoms with van der Waals surface area (Å²) < 4.78 is 10.3. The van der Waals surface area contributed by atoms with Crippen molar-refractivity contribution in [3.8, 4) is 11.5 Å². The minimum atomic E-state index is -0.292. The molecule has 1 rings (SSSR count). The van der Waals surface area contributed by atoms with Crippen molar-refractivity contribution >= 4 is 11.7 Å². The summed E-state index contributed by atoms with van der Waals surface area (Å²) in [4.78, 5) is 11.9. The number of anilines is 1. The molecule has 0 unspecified atom stereocenters. The number of rotatable bonds is 6. The second kappa shape index (κ2) is 7.00. The third-order valence-electron chi connectivity index (χ3n) is 3.02. The number of carbonyl (C=O) groups excluding carboxylic acids is 1. The van der Waals surface area contributed by atoms with Gasteiger partial charge < -0.3 is 25.4 Å². The van der Waals surface area contributed by atoms with Gasteiger partial charge in [-0.25, -0.2) is 4.79 Å². The Kier molecular flexibility index (Phi) is 5.64. The number of nitrogens with one attached hydrogen (secondary N) is 3. The minimum Gasteiger partial charge on any atom is -0.497 e. The second-order valence-corrected chi connectivity index (χ2v) is 5.01. The fraction of sp³-hybridized carbons (Fsp3) is 0.500. The fourth-order valence-corrected chi connectivity index (χ4v) is 1.47. The molecule has 0 atom stereocenters. The summed E-state index contributed by atoms with van der Waals surface area (Å²) in [6, 6.07) is 4.93. The topological polar surface area (TPSA) is 71.6 Å². The predicted molar refractivity (Wildman–Crippen MR) is 79.7 cm³/mol. The van der Waals surface area contributed by atoms with Crippen molar-refractivity contribution < 1.29 is 14.3 Å². The lowest BCUT2D eigenvalue weighted by molar-refractivity contribution is 0.248. The van der Waals surface area contributed by atoms with Crippen LogP contribution in [0.15, 0.2) is 18.2 Å². The molecule has 1 aromatic rings. The predicted octanol–water partition coefficient (Wildman–Crippen LogP) is 1.82. The highest BCUT2D eigenvalue weighted by Gasteiger charge is 2.16. The minimum absolute atomic E-state index is 0.171. The standard InChI is InChI=1S/C14H23N3O3/c1-14(2,15-3)9-16-13(18)17-11-8-10(19-4)6-7-12(11)20-5/h6-8,15H,9H2,1-5H3,(H2,16,17,18). The number of benzene rings is 1. The number of likely N-dealkylation sites (N-methyl/N-ethyl adjacent to an activating group) is 1. The van der Waals surface area contributed by atoms with Gasteiger partial charge in [0.25, 0.3) is 0 Å². The summed E-state index contributed by atoms with van der Waals surface area (Å²) in [5.74, 6) is 1.23. The van der Waals surface area contributed by atoms with Crippen LogP contribution in [0.4, 0.5) is 10.5 Å². The molecule has 0 saturated carbocycles. The second-order valence-electron chi connectivity index (χ2n) is 5.01. The lowest BCUT2D eigenvalue weighted by Crippen LogP contribution is -2.48. The van der Waals surface area contributed by atoms with E-state index in [0.29, 0.717) is 23.7 Å². The van der Waals surface area contributed by atoms with Crippen LogP contribution in [0.25, 0.3) is 0 Å². The van der Waals surface area contributed by atoms with E-state index < -0.39 is 0 Å². The van der Waals surface area contributed by atoms with Crippen LogP contribution in [0, 0.1) is 0 Å². The van der Waals surface area contributed by atoms with Gasteiger partial charge in [-0.05, 0) is 33.0 Å². The van der Waals surface area contributed by atoms with E-state index in [-0.39, 0.29) is 11.6 Å². The number of carbonyl (C=O) groups is 1. The van der Waals surface area contributed by atoms with E-state index in [2.05, 4.69) is 16.0 Å². The molecular weight excluding hydrogens is 258 g/mol. The third kappa shape index (κ3) is 4.62. The molecule has 0 aliphatic heterocycles. The summed E-state index contributed by atoms with van der Waals surface area (Å²) >= 11 is 0. The van der Waals surface area contributed by atoms with E-state index in [1.165, 1.54) is 0 Å². The molecule has 0 bridgehead atoms. The Balaban J connectivity index is 2.70. The molecule has 3 N–H and O–H groups in total. The normalized spacial score (nSPS) is 10.8. The quantitative estimate of drug-likeness (QED) is 0.744. The molecule has 2 amide bonds. The van der Waals surface area contributed by atoms with E-state index in [1.807, 2.05) is 20.9 Å². The molecule has 6 heteroatoms. The molecule has 0 fully saturated rings. The largest absolute Gasteiger partial charge is 0.497 e. The van der Waals surface area contributed by atoms with Crippen LogP contribution in [-0.4, -0.2) is 39.4 Å². The van der Waals surface area contributed by atoms with Gasteiger partial charge in [0, 0.05) is 18.2 Å². The van der Waals surface area contributed by atoms with Crippen molar-refractivity contribution in [3.63, 3.8) is 0 Å². The third-order valence-corrected chi connectivity index (χ3v) is 3.02. The number of amides is 2. The molecular formula is C14H23N3O3. The Morgan fingerprint density at radius 3 is 2.50 bits per heavy atom. The van der Waals surface area contributed by atoms with Gasteiger partial charge in [-0.3, -0.25) is 0 Å². The van der Waals surface area contributed by atoms with Crippen LogP contribution < -0.4 is 25.4 Å². The smallest absolute Gasteiger partial charge is 0.319 e. The molecule has 0 aromatic heterocycles. The lowest BCUT2D eigenvalue weighted by atomic mass is 10.1. The first-order valence-electron chi connectivity index (χ1n) is 6.37. The first-order chi connectivity index (χ1) is 9.41. The molecule has 0 heterocycles.